The fourth-order valence-electron chi connectivity index (χ4n) is 1.62. The van der Waals surface area contributed by atoms with Crippen LogP contribution < -0.4 is 10.6 Å². The number of carbonyl (C=O) groups excluding carboxylic acids is 2. The van der Waals surface area contributed by atoms with Crippen molar-refractivity contribution < 1.29 is 14.3 Å². The van der Waals surface area contributed by atoms with E-state index < -0.39 is 6.04 Å². The maximum atomic E-state index is 12.1. The molecule has 1 rings (SSSR count). The lowest BCUT2D eigenvalue weighted by atomic mass is 10.1. The fourth-order valence-corrected chi connectivity index (χ4v) is 1.99. The van der Waals surface area contributed by atoms with Gasteiger partial charge in [-0.2, -0.15) is 0 Å². The summed E-state index contributed by atoms with van der Waals surface area (Å²) in [6, 6.07) is 4.78. The minimum Gasteiger partial charge on any atom is -0.383 e. The summed E-state index contributed by atoms with van der Waals surface area (Å²) in [5, 5.41) is 5.36. The molecule has 0 aromatic heterocycles. The van der Waals surface area contributed by atoms with Crippen molar-refractivity contribution in [1.29, 1.82) is 0 Å². The molecule has 2 N–H and O–H groups in total. The molecule has 110 valence electrons. The predicted octanol–water partition coefficient (Wildman–Crippen LogP) is 1.64. The zero-order valence-corrected chi connectivity index (χ0v) is 13.4. The number of benzene rings is 1. The number of nitrogens with one attached hydrogen (secondary N) is 2. The molecule has 0 saturated carbocycles. The van der Waals surface area contributed by atoms with E-state index in [1.54, 1.807) is 26.2 Å². The van der Waals surface area contributed by atoms with Crippen molar-refractivity contribution in [3.63, 3.8) is 0 Å². The molecule has 0 heterocycles. The van der Waals surface area contributed by atoms with Crippen molar-refractivity contribution in [2.75, 3.05) is 20.3 Å². The minimum atomic E-state index is -0.599. The van der Waals surface area contributed by atoms with Gasteiger partial charge in [0.15, 0.2) is 0 Å². The average molecular weight is 343 g/mol. The molecule has 0 bridgehead atoms. The van der Waals surface area contributed by atoms with Crippen LogP contribution in [0.4, 0.5) is 0 Å². The number of hydrogen-bond donors (Lipinski definition) is 2. The minimum absolute atomic E-state index is 0.233. The largest absolute Gasteiger partial charge is 0.383 e. The van der Waals surface area contributed by atoms with E-state index in [4.69, 9.17) is 4.74 Å². The first-order chi connectivity index (χ1) is 9.47. The first-order valence-electron chi connectivity index (χ1n) is 6.30. The third-order valence-electron chi connectivity index (χ3n) is 2.86. The average Bonchev–Trinajstić information content (AvgIpc) is 2.41. The third-order valence-corrected chi connectivity index (χ3v) is 3.72. The van der Waals surface area contributed by atoms with E-state index in [9.17, 15) is 9.59 Å². The second-order valence-corrected chi connectivity index (χ2v) is 5.25. The van der Waals surface area contributed by atoms with Crippen LogP contribution >= 0.6 is 15.9 Å². The van der Waals surface area contributed by atoms with Crippen LogP contribution in [0.5, 0.6) is 0 Å². The Morgan fingerprint density at radius 1 is 1.40 bits per heavy atom. The summed E-state index contributed by atoms with van der Waals surface area (Å²) in [7, 11) is 1.56. The molecule has 1 unspecified atom stereocenters. The number of halogens is 1. The summed E-state index contributed by atoms with van der Waals surface area (Å²) in [4.78, 5) is 23.9. The molecule has 1 atom stereocenters. The van der Waals surface area contributed by atoms with Gasteiger partial charge in [0.25, 0.3) is 5.91 Å². The van der Waals surface area contributed by atoms with Crippen LogP contribution in [0.1, 0.15) is 22.8 Å². The molecule has 1 aromatic rings. The molecule has 0 radical (unpaired) electrons. The van der Waals surface area contributed by atoms with E-state index in [1.165, 1.54) is 0 Å². The highest BCUT2D eigenvalue weighted by Gasteiger charge is 2.17. The van der Waals surface area contributed by atoms with Crippen LogP contribution in [-0.2, 0) is 9.53 Å². The Labute approximate surface area is 127 Å². The number of hydrogen-bond acceptors (Lipinski definition) is 3. The summed E-state index contributed by atoms with van der Waals surface area (Å²) >= 11 is 3.38. The van der Waals surface area contributed by atoms with Gasteiger partial charge in [-0.1, -0.05) is 22.0 Å². The molecular weight excluding hydrogens is 324 g/mol. The SMILES string of the molecule is COCCNC(=O)C(C)NC(=O)c1cccc(Br)c1C. The van der Waals surface area contributed by atoms with Crippen LogP contribution in [0.25, 0.3) is 0 Å². The zero-order chi connectivity index (χ0) is 15.1. The molecule has 0 spiro atoms. The van der Waals surface area contributed by atoms with Crippen molar-refractivity contribution in [2.24, 2.45) is 0 Å². The number of ether oxygens (including phenoxy) is 1. The quantitative estimate of drug-likeness (QED) is 0.772. The molecule has 0 aliphatic carbocycles. The maximum absolute atomic E-state index is 12.1. The molecule has 0 saturated heterocycles. The summed E-state index contributed by atoms with van der Waals surface area (Å²) in [5.41, 5.74) is 1.40. The van der Waals surface area contributed by atoms with E-state index in [1.807, 2.05) is 13.0 Å². The second-order valence-electron chi connectivity index (χ2n) is 4.39. The van der Waals surface area contributed by atoms with Gasteiger partial charge in [0, 0.05) is 23.7 Å². The standard InChI is InChI=1S/C14H19BrN2O3/c1-9-11(5-4-6-12(9)15)14(19)17-10(2)13(18)16-7-8-20-3/h4-6,10H,7-8H2,1-3H3,(H,16,18)(H,17,19). The van der Waals surface area contributed by atoms with Gasteiger partial charge in [0.2, 0.25) is 5.91 Å². The van der Waals surface area contributed by atoms with E-state index in [-0.39, 0.29) is 11.8 Å². The van der Waals surface area contributed by atoms with Gasteiger partial charge < -0.3 is 15.4 Å². The second kappa shape index (κ2) is 8.01. The van der Waals surface area contributed by atoms with Gasteiger partial charge in [0.05, 0.1) is 6.61 Å². The van der Waals surface area contributed by atoms with Gasteiger partial charge in [-0.05, 0) is 31.5 Å². The lowest BCUT2D eigenvalue weighted by Gasteiger charge is -2.15. The molecule has 20 heavy (non-hydrogen) atoms. The van der Waals surface area contributed by atoms with Crippen LogP contribution in [0, 0.1) is 6.92 Å². The zero-order valence-electron chi connectivity index (χ0n) is 11.8. The highest BCUT2D eigenvalue weighted by atomic mass is 79.9. The highest BCUT2D eigenvalue weighted by Crippen LogP contribution is 2.19. The van der Waals surface area contributed by atoms with Crippen LogP contribution in [-0.4, -0.2) is 38.1 Å². The lowest BCUT2D eigenvalue weighted by molar-refractivity contribution is -0.122. The normalized spacial score (nSPS) is 11.8. The summed E-state index contributed by atoms with van der Waals surface area (Å²) in [6.07, 6.45) is 0. The van der Waals surface area contributed by atoms with E-state index >= 15 is 0 Å². The van der Waals surface area contributed by atoms with E-state index in [0.717, 1.165) is 10.0 Å². The summed E-state index contributed by atoms with van der Waals surface area (Å²) in [5.74, 6) is -0.499. The van der Waals surface area contributed by atoms with Gasteiger partial charge in [-0.3, -0.25) is 9.59 Å². The van der Waals surface area contributed by atoms with Crippen molar-refractivity contribution >= 4 is 27.7 Å². The molecule has 1 aromatic carbocycles. The Balaban J connectivity index is 2.61. The Bertz CT molecular complexity index is 491. The molecular formula is C14H19BrN2O3. The highest BCUT2D eigenvalue weighted by molar-refractivity contribution is 9.10. The Kier molecular flexibility index (Phi) is 6.67. The first-order valence-corrected chi connectivity index (χ1v) is 7.09. The molecule has 0 fully saturated rings. The van der Waals surface area contributed by atoms with Crippen molar-refractivity contribution in [3.8, 4) is 0 Å². The summed E-state index contributed by atoms with van der Waals surface area (Å²) < 4.78 is 5.71. The maximum Gasteiger partial charge on any atom is 0.252 e. The van der Waals surface area contributed by atoms with Gasteiger partial charge in [-0.25, -0.2) is 0 Å². The Hall–Kier alpha value is -1.40. The van der Waals surface area contributed by atoms with Gasteiger partial charge in [0.1, 0.15) is 6.04 Å². The summed E-state index contributed by atoms with van der Waals surface area (Å²) in [6.45, 7) is 4.36. The monoisotopic (exact) mass is 342 g/mol. The third kappa shape index (κ3) is 4.61. The molecule has 0 aliphatic heterocycles. The number of amides is 2. The smallest absolute Gasteiger partial charge is 0.252 e. The molecule has 6 heteroatoms. The Morgan fingerprint density at radius 2 is 2.10 bits per heavy atom. The van der Waals surface area contributed by atoms with Gasteiger partial charge in [-0.15, -0.1) is 0 Å². The number of rotatable bonds is 6. The van der Waals surface area contributed by atoms with Crippen molar-refractivity contribution in [3.05, 3.63) is 33.8 Å². The number of methoxy groups -OCH3 is 1. The first kappa shape index (κ1) is 16.7. The van der Waals surface area contributed by atoms with Gasteiger partial charge >= 0.3 is 0 Å². The van der Waals surface area contributed by atoms with Crippen molar-refractivity contribution in [1.82, 2.24) is 10.6 Å². The van der Waals surface area contributed by atoms with Crippen LogP contribution in [0.2, 0.25) is 0 Å². The molecule has 2 amide bonds. The molecule has 0 aliphatic rings. The topological polar surface area (TPSA) is 67.4 Å². The molecule has 5 nitrogen and oxygen atoms in total. The van der Waals surface area contributed by atoms with Crippen LogP contribution in [0.3, 0.4) is 0 Å². The van der Waals surface area contributed by atoms with E-state index in [2.05, 4.69) is 26.6 Å². The Morgan fingerprint density at radius 3 is 2.75 bits per heavy atom. The predicted molar refractivity (Wildman–Crippen MR) is 80.7 cm³/mol. The van der Waals surface area contributed by atoms with Crippen LogP contribution in [0.15, 0.2) is 22.7 Å². The number of carbonyl (C=O) groups is 2. The lowest BCUT2D eigenvalue weighted by Crippen LogP contribution is -2.45. The van der Waals surface area contributed by atoms with Crippen molar-refractivity contribution in [2.45, 2.75) is 19.9 Å². The fraction of sp³-hybridized carbons (Fsp3) is 0.429. The van der Waals surface area contributed by atoms with E-state index in [0.29, 0.717) is 18.7 Å².